The number of carbonyl (C=O) groups excluding carboxylic acids is 3. The first-order valence-corrected chi connectivity index (χ1v) is 19.0. The number of anilines is 2. The van der Waals surface area contributed by atoms with Crippen LogP contribution in [0.2, 0.25) is 0 Å². The monoisotopic (exact) mass is 801 g/mol. The first-order valence-electron chi connectivity index (χ1n) is 19.0. The van der Waals surface area contributed by atoms with Crippen LogP contribution in [0.1, 0.15) is 38.0 Å². The summed E-state index contributed by atoms with van der Waals surface area (Å²) in [5.74, 6) is -1.23. The van der Waals surface area contributed by atoms with Gasteiger partial charge in [-0.2, -0.15) is 0 Å². The number of hydrogen-bond acceptors (Lipinski definition) is 11. The first-order chi connectivity index (χ1) is 28.3. The molecule has 3 heterocycles. The zero-order chi connectivity index (χ0) is 42.5. The number of aryl methyl sites for hydroxylation is 1. The van der Waals surface area contributed by atoms with Gasteiger partial charge in [0.25, 0.3) is 17.7 Å². The fraction of sp³-hybridized carbons (Fsp3) is 0.286. The molecule has 9 N–H and O–H groups in total. The van der Waals surface area contributed by atoms with Gasteiger partial charge in [0.15, 0.2) is 0 Å². The minimum Gasteiger partial charge on any atom is -0.496 e. The van der Waals surface area contributed by atoms with E-state index in [1.165, 1.54) is 13.4 Å². The standard InChI is InChI=1S/C21H25N7O.C21H26N6O3/c1-4-28-12-26-15-9-13(5-6-16(15)28)14-10-17(27(3)8-7-23-2)18(21(22)29)20-19(14)24-11-25-20;1-26(2)7-8-27(3)15-10-13(18-19(25-11-24-18)17(15)21(23)29)12-5-6-16(30-4)14(9-12)20(22)28/h5-6,9-12,23H,4,7-8H2,1-3H3,(H2,22,29)(H,24,25);5-6,9-11H,7-8H2,1-4H3,(H2,22,28)(H2,23,29)(H,24,25). The molecule has 3 amide bonds. The zero-order valence-electron chi connectivity index (χ0n) is 34.4. The van der Waals surface area contributed by atoms with Crippen LogP contribution in [0.25, 0.3) is 55.4 Å². The summed E-state index contributed by atoms with van der Waals surface area (Å²) in [5, 5.41) is 3.13. The summed E-state index contributed by atoms with van der Waals surface area (Å²) < 4.78 is 7.35. The summed E-state index contributed by atoms with van der Waals surface area (Å²) in [4.78, 5) is 62.1. The van der Waals surface area contributed by atoms with Gasteiger partial charge in [0.05, 0.1) is 87.3 Å². The third-order valence-electron chi connectivity index (χ3n) is 10.3. The fourth-order valence-electron chi connectivity index (χ4n) is 7.15. The van der Waals surface area contributed by atoms with Gasteiger partial charge >= 0.3 is 0 Å². The third-order valence-corrected chi connectivity index (χ3v) is 10.3. The predicted molar refractivity (Wildman–Crippen MR) is 233 cm³/mol. The smallest absolute Gasteiger partial charge is 0.253 e. The lowest BCUT2D eigenvalue weighted by Crippen LogP contribution is -2.30. The number of methoxy groups -OCH3 is 1. The number of nitrogens with two attached hydrogens (primary N) is 3. The number of fused-ring (bicyclic) bond motifs is 3. The van der Waals surface area contributed by atoms with Crippen molar-refractivity contribution in [1.29, 1.82) is 0 Å². The first kappa shape index (κ1) is 41.6. The van der Waals surface area contributed by atoms with Crippen LogP contribution in [0.3, 0.4) is 0 Å². The molecule has 0 spiro atoms. The van der Waals surface area contributed by atoms with E-state index >= 15 is 0 Å². The molecule has 0 bridgehead atoms. The number of ether oxygens (including phenoxy) is 1. The number of aromatic amines is 2. The second-order valence-electron chi connectivity index (χ2n) is 14.4. The van der Waals surface area contributed by atoms with E-state index in [0.29, 0.717) is 45.7 Å². The van der Waals surface area contributed by atoms with Gasteiger partial charge in [-0.05, 0) is 75.6 Å². The van der Waals surface area contributed by atoms with Crippen LogP contribution in [0.4, 0.5) is 11.4 Å². The maximum atomic E-state index is 12.3. The highest BCUT2D eigenvalue weighted by Gasteiger charge is 2.24. The number of H-pyrrole nitrogens is 2. The average Bonchev–Trinajstić information content (AvgIpc) is 4.00. The van der Waals surface area contributed by atoms with Crippen LogP contribution in [0.5, 0.6) is 5.75 Å². The van der Waals surface area contributed by atoms with Crippen LogP contribution in [-0.4, -0.2) is 121 Å². The van der Waals surface area contributed by atoms with Gasteiger partial charge in [-0.15, -0.1) is 0 Å². The van der Waals surface area contributed by atoms with Crippen molar-refractivity contribution < 1.29 is 19.1 Å². The molecule has 0 aliphatic heterocycles. The highest BCUT2D eigenvalue weighted by Crippen LogP contribution is 2.38. The van der Waals surface area contributed by atoms with Crippen LogP contribution in [0.15, 0.2) is 67.5 Å². The number of imidazole rings is 3. The maximum absolute atomic E-state index is 12.3. The van der Waals surface area contributed by atoms with E-state index < -0.39 is 17.7 Å². The largest absolute Gasteiger partial charge is 0.496 e. The minimum absolute atomic E-state index is 0.264. The molecular weight excluding hydrogens is 751 g/mol. The Hall–Kier alpha value is -6.98. The molecular formula is C42H51N13O4. The zero-order valence-corrected chi connectivity index (χ0v) is 34.4. The number of nitrogens with zero attached hydrogens (tertiary/aromatic N) is 7. The topological polar surface area (TPSA) is 235 Å². The molecule has 17 nitrogen and oxygen atoms in total. The molecule has 7 aromatic rings. The fourth-order valence-corrected chi connectivity index (χ4v) is 7.15. The molecule has 3 aromatic heterocycles. The van der Waals surface area contributed by atoms with Gasteiger partial charge in [-0.25, -0.2) is 15.0 Å². The quantitative estimate of drug-likeness (QED) is 0.0873. The number of nitrogens with one attached hydrogen (secondary N) is 3. The number of primary amides is 3. The molecule has 0 unspecified atom stereocenters. The van der Waals surface area contributed by atoms with Gasteiger partial charge in [0.2, 0.25) is 0 Å². The molecule has 0 aliphatic carbocycles. The number of hydrogen-bond donors (Lipinski definition) is 6. The summed E-state index contributed by atoms with van der Waals surface area (Å²) in [7, 11) is 11.2. The van der Waals surface area contributed by atoms with Crippen LogP contribution in [0, 0.1) is 0 Å². The van der Waals surface area contributed by atoms with Gasteiger partial charge in [-0.1, -0.05) is 12.1 Å². The number of rotatable bonds is 15. The maximum Gasteiger partial charge on any atom is 0.253 e. The van der Waals surface area contributed by atoms with Gasteiger partial charge in [0, 0.05) is 57.9 Å². The number of carbonyl (C=O) groups is 3. The Balaban J connectivity index is 0.000000198. The van der Waals surface area contributed by atoms with E-state index in [1.54, 1.807) is 18.5 Å². The molecule has 0 fully saturated rings. The van der Waals surface area contributed by atoms with Crippen molar-refractivity contribution >= 4 is 62.2 Å². The molecule has 0 aliphatic rings. The number of likely N-dealkylation sites (N-methyl/N-ethyl adjacent to an activating group) is 4. The van der Waals surface area contributed by atoms with Crippen molar-refractivity contribution in [2.24, 2.45) is 17.2 Å². The van der Waals surface area contributed by atoms with E-state index in [9.17, 15) is 14.4 Å². The van der Waals surface area contributed by atoms with Crippen molar-refractivity contribution in [2.75, 3.05) is 78.3 Å². The Bertz CT molecular complexity index is 2660. The Morgan fingerprint density at radius 3 is 1.81 bits per heavy atom. The Kier molecular flexibility index (Phi) is 12.5. The lowest BCUT2D eigenvalue weighted by molar-refractivity contribution is 0.0990. The van der Waals surface area contributed by atoms with Crippen molar-refractivity contribution in [3.8, 4) is 28.0 Å². The van der Waals surface area contributed by atoms with E-state index in [4.69, 9.17) is 21.9 Å². The summed E-state index contributed by atoms with van der Waals surface area (Å²) in [6.07, 6.45) is 4.97. The second-order valence-corrected chi connectivity index (χ2v) is 14.4. The summed E-state index contributed by atoms with van der Waals surface area (Å²) in [5.41, 5.74) is 27.4. The minimum atomic E-state index is -0.593. The van der Waals surface area contributed by atoms with E-state index in [1.807, 2.05) is 69.6 Å². The molecule has 17 heteroatoms. The molecule has 0 radical (unpaired) electrons. The van der Waals surface area contributed by atoms with E-state index in [0.717, 1.165) is 70.7 Å². The third kappa shape index (κ3) is 8.37. The Morgan fingerprint density at radius 1 is 0.746 bits per heavy atom. The average molecular weight is 802 g/mol. The van der Waals surface area contributed by atoms with E-state index in [-0.39, 0.29) is 5.56 Å². The molecule has 7 rings (SSSR count). The number of aromatic nitrogens is 6. The van der Waals surface area contributed by atoms with Crippen molar-refractivity contribution in [3.05, 3.63) is 84.2 Å². The van der Waals surface area contributed by atoms with Crippen LogP contribution < -0.4 is 37.1 Å². The highest BCUT2D eigenvalue weighted by molar-refractivity contribution is 6.14. The van der Waals surface area contributed by atoms with Gasteiger partial charge in [0.1, 0.15) is 5.75 Å². The summed E-state index contributed by atoms with van der Waals surface area (Å²) >= 11 is 0. The highest BCUT2D eigenvalue weighted by atomic mass is 16.5. The van der Waals surface area contributed by atoms with Gasteiger partial charge < -0.3 is 56.5 Å². The Morgan fingerprint density at radius 2 is 1.31 bits per heavy atom. The predicted octanol–water partition coefficient (Wildman–Crippen LogP) is 3.79. The summed E-state index contributed by atoms with van der Waals surface area (Å²) in [6, 6.07) is 15.2. The van der Waals surface area contributed by atoms with Crippen molar-refractivity contribution in [2.45, 2.75) is 13.5 Å². The van der Waals surface area contributed by atoms with Crippen LogP contribution >= 0.6 is 0 Å². The molecule has 308 valence electrons. The Labute approximate surface area is 341 Å². The molecule has 0 atom stereocenters. The lowest BCUT2D eigenvalue weighted by Gasteiger charge is -2.24. The number of amides is 3. The lowest BCUT2D eigenvalue weighted by atomic mass is 9.97. The normalized spacial score (nSPS) is 11.3. The van der Waals surface area contributed by atoms with Crippen molar-refractivity contribution in [1.82, 2.24) is 39.7 Å². The van der Waals surface area contributed by atoms with Gasteiger partial charge in [-0.3, -0.25) is 14.4 Å². The molecule has 59 heavy (non-hydrogen) atoms. The van der Waals surface area contributed by atoms with Crippen LogP contribution in [-0.2, 0) is 6.54 Å². The molecule has 0 saturated heterocycles. The second kappa shape index (κ2) is 17.7. The molecule has 0 saturated carbocycles. The molecule has 4 aromatic carbocycles. The SMILES string of the molecule is CCn1cnc2cc(-c3cc(N(C)CCNC)c(C(N)=O)c4[nH]cnc34)ccc21.COc1ccc(-c2cc(N(C)CCN(C)C)c(C(N)=O)c3[nH]cnc23)cc1C(N)=O. The summed E-state index contributed by atoms with van der Waals surface area (Å²) in [6.45, 7) is 5.95. The van der Waals surface area contributed by atoms with E-state index in [2.05, 4.69) is 64.8 Å². The van der Waals surface area contributed by atoms with Crippen molar-refractivity contribution in [3.63, 3.8) is 0 Å². The number of benzene rings is 4.